The molecule has 1 aromatic carbocycles. The number of anilines is 1. The lowest BCUT2D eigenvalue weighted by Gasteiger charge is -2.44. The minimum Gasteiger partial charge on any atom is -0.494 e. The van der Waals surface area contributed by atoms with Gasteiger partial charge in [-0.25, -0.2) is 17.6 Å². The SMILES string of the molecule is COc1cc(F)c(-c2cc(Cn3ccc4ncccc43)c(N3CCC[C@](N)([C@H](O)C(F)F)C3)cn2)cc1F. The van der Waals surface area contributed by atoms with Gasteiger partial charge in [0.1, 0.15) is 11.9 Å². The van der Waals surface area contributed by atoms with Crippen molar-refractivity contribution in [3.05, 3.63) is 72.2 Å². The number of hydrogen-bond donors (Lipinski definition) is 2. The van der Waals surface area contributed by atoms with Crippen molar-refractivity contribution < 1.29 is 27.4 Å². The second kappa shape index (κ2) is 10.2. The number of halogens is 4. The van der Waals surface area contributed by atoms with Crippen molar-refractivity contribution in [1.29, 1.82) is 0 Å². The monoisotopic (exact) mass is 529 g/mol. The van der Waals surface area contributed by atoms with Gasteiger partial charge >= 0.3 is 0 Å². The third-order valence-electron chi connectivity index (χ3n) is 7.09. The van der Waals surface area contributed by atoms with Crippen molar-refractivity contribution in [1.82, 2.24) is 14.5 Å². The number of rotatable bonds is 7. The van der Waals surface area contributed by atoms with Crippen LogP contribution in [0.4, 0.5) is 23.2 Å². The van der Waals surface area contributed by atoms with Crippen LogP contribution in [0.3, 0.4) is 0 Å². The van der Waals surface area contributed by atoms with Crippen LogP contribution >= 0.6 is 0 Å². The van der Waals surface area contributed by atoms with E-state index in [0.717, 1.165) is 23.2 Å². The lowest BCUT2D eigenvalue weighted by atomic mass is 9.84. The van der Waals surface area contributed by atoms with Crippen molar-refractivity contribution in [3.8, 4) is 17.0 Å². The Bertz CT molecular complexity index is 1460. The van der Waals surface area contributed by atoms with Gasteiger partial charge < -0.3 is 25.0 Å². The molecule has 0 bridgehead atoms. The molecule has 0 unspecified atom stereocenters. The zero-order valence-corrected chi connectivity index (χ0v) is 20.6. The molecule has 7 nitrogen and oxygen atoms in total. The number of aliphatic hydroxyl groups excluding tert-OH is 1. The molecule has 5 rings (SSSR count). The zero-order valence-electron chi connectivity index (χ0n) is 20.6. The first kappa shape index (κ1) is 25.9. The van der Waals surface area contributed by atoms with Crippen LogP contribution in [-0.4, -0.2) is 57.9 Å². The summed E-state index contributed by atoms with van der Waals surface area (Å²) in [5.41, 5.74) is 7.83. The minimum absolute atomic E-state index is 0.0218. The Morgan fingerprint density at radius 2 is 1.97 bits per heavy atom. The summed E-state index contributed by atoms with van der Waals surface area (Å²) in [5.74, 6) is -1.66. The molecule has 1 fully saturated rings. The molecular weight excluding hydrogens is 502 g/mol. The molecule has 4 heterocycles. The van der Waals surface area contributed by atoms with Gasteiger partial charge in [-0.1, -0.05) is 0 Å². The standard InChI is InChI=1S/C27H27F4N5O2/c1-38-24-12-18(28)17(11-19(24)29)21-10-16(14-35-9-5-20-22(35)4-2-7-33-20)23(13-34-21)36-8-3-6-27(32,15-36)25(37)26(30)31/h2,4-5,7,9-13,25-26,37H,3,6,8,14-15,32H2,1H3/t25-,27-/m1/s1. The van der Waals surface area contributed by atoms with E-state index in [-0.39, 0.29) is 30.0 Å². The predicted octanol–water partition coefficient (Wildman–Crippen LogP) is 4.36. The molecule has 0 aliphatic carbocycles. The summed E-state index contributed by atoms with van der Waals surface area (Å²) in [6.07, 6.45) is 0.807. The quantitative estimate of drug-likeness (QED) is 0.346. The van der Waals surface area contributed by atoms with Gasteiger partial charge in [0.2, 0.25) is 0 Å². The van der Waals surface area contributed by atoms with E-state index in [1.807, 2.05) is 33.9 Å². The first-order chi connectivity index (χ1) is 18.2. The van der Waals surface area contributed by atoms with E-state index in [1.165, 1.54) is 13.3 Å². The molecule has 1 aliphatic rings. The van der Waals surface area contributed by atoms with Crippen LogP contribution in [0.5, 0.6) is 5.75 Å². The molecule has 2 atom stereocenters. The second-order valence-electron chi connectivity index (χ2n) is 9.55. The van der Waals surface area contributed by atoms with E-state index in [1.54, 1.807) is 12.3 Å². The normalized spacial score (nSPS) is 18.8. The number of nitrogens with two attached hydrogens (primary N) is 1. The summed E-state index contributed by atoms with van der Waals surface area (Å²) in [4.78, 5) is 10.6. The Morgan fingerprint density at radius 1 is 1.16 bits per heavy atom. The van der Waals surface area contributed by atoms with Crippen LogP contribution in [0.2, 0.25) is 0 Å². The fourth-order valence-electron chi connectivity index (χ4n) is 5.08. The van der Waals surface area contributed by atoms with Crippen LogP contribution in [0.1, 0.15) is 18.4 Å². The van der Waals surface area contributed by atoms with E-state index >= 15 is 0 Å². The highest BCUT2D eigenvalue weighted by Crippen LogP contribution is 2.34. The molecule has 3 aromatic heterocycles. The van der Waals surface area contributed by atoms with Crippen molar-refractivity contribution in [2.45, 2.75) is 37.5 Å². The number of hydrogen-bond acceptors (Lipinski definition) is 6. The van der Waals surface area contributed by atoms with Crippen molar-refractivity contribution >= 4 is 16.7 Å². The van der Waals surface area contributed by atoms with E-state index < -0.39 is 29.7 Å². The van der Waals surface area contributed by atoms with Gasteiger partial charge in [0.15, 0.2) is 11.6 Å². The molecule has 4 aromatic rings. The molecular formula is C27H27F4N5O2. The number of alkyl halides is 2. The maximum Gasteiger partial charge on any atom is 0.265 e. The Hall–Kier alpha value is -3.70. The average Bonchev–Trinajstić information content (AvgIpc) is 3.32. The first-order valence-electron chi connectivity index (χ1n) is 12.1. The summed E-state index contributed by atoms with van der Waals surface area (Å²) in [6, 6.07) is 9.22. The maximum atomic E-state index is 14.9. The highest BCUT2D eigenvalue weighted by atomic mass is 19.3. The van der Waals surface area contributed by atoms with Crippen molar-refractivity contribution in [2.24, 2.45) is 5.73 Å². The Morgan fingerprint density at radius 3 is 2.74 bits per heavy atom. The number of nitrogens with zero attached hydrogens (tertiary/aromatic N) is 4. The number of aromatic nitrogens is 3. The Kier molecular flexibility index (Phi) is 6.97. The topological polar surface area (TPSA) is 89.4 Å². The Balaban J connectivity index is 1.59. The molecule has 0 spiro atoms. The van der Waals surface area contributed by atoms with Crippen LogP contribution in [0.25, 0.3) is 22.3 Å². The van der Waals surface area contributed by atoms with Gasteiger partial charge in [-0.3, -0.25) is 9.97 Å². The molecule has 38 heavy (non-hydrogen) atoms. The molecule has 11 heteroatoms. The lowest BCUT2D eigenvalue weighted by molar-refractivity contribution is -0.0529. The van der Waals surface area contributed by atoms with E-state index in [2.05, 4.69) is 9.97 Å². The molecule has 3 N–H and O–H groups in total. The van der Waals surface area contributed by atoms with Gasteiger partial charge in [0.05, 0.1) is 41.3 Å². The number of methoxy groups -OCH3 is 1. The summed E-state index contributed by atoms with van der Waals surface area (Å²) < 4.78 is 63.0. The number of benzene rings is 1. The van der Waals surface area contributed by atoms with Gasteiger partial charge in [0, 0.05) is 43.7 Å². The number of aliphatic hydroxyl groups is 1. The molecule has 0 radical (unpaired) electrons. The summed E-state index contributed by atoms with van der Waals surface area (Å²) >= 11 is 0. The summed E-state index contributed by atoms with van der Waals surface area (Å²) in [5, 5.41) is 10.1. The highest BCUT2D eigenvalue weighted by Gasteiger charge is 2.43. The van der Waals surface area contributed by atoms with Gasteiger partial charge in [-0.05, 0) is 48.7 Å². The van der Waals surface area contributed by atoms with E-state index in [4.69, 9.17) is 10.5 Å². The average molecular weight is 530 g/mol. The van der Waals surface area contributed by atoms with Crippen LogP contribution < -0.4 is 15.4 Å². The zero-order chi connectivity index (χ0) is 27.0. The third-order valence-corrected chi connectivity index (χ3v) is 7.09. The number of ether oxygens (including phenoxy) is 1. The van der Waals surface area contributed by atoms with Crippen LogP contribution in [0.15, 0.2) is 55.0 Å². The van der Waals surface area contributed by atoms with Crippen LogP contribution in [0, 0.1) is 11.6 Å². The number of piperidine rings is 1. The third kappa shape index (κ3) is 4.79. The summed E-state index contributed by atoms with van der Waals surface area (Å²) in [6.45, 7) is 0.792. The minimum atomic E-state index is -2.98. The fraction of sp³-hybridized carbons (Fsp3) is 0.333. The predicted molar refractivity (Wildman–Crippen MR) is 135 cm³/mol. The molecule has 0 saturated carbocycles. The van der Waals surface area contributed by atoms with Gasteiger partial charge in [-0.15, -0.1) is 0 Å². The molecule has 0 amide bonds. The smallest absolute Gasteiger partial charge is 0.265 e. The van der Waals surface area contributed by atoms with E-state index in [9.17, 15) is 22.7 Å². The Labute approximate surface area is 216 Å². The lowest BCUT2D eigenvalue weighted by Crippen LogP contribution is -2.63. The number of pyridine rings is 2. The van der Waals surface area contributed by atoms with Gasteiger partial charge in [-0.2, -0.15) is 0 Å². The highest BCUT2D eigenvalue weighted by molar-refractivity contribution is 5.76. The van der Waals surface area contributed by atoms with Crippen molar-refractivity contribution in [2.75, 3.05) is 25.1 Å². The fourth-order valence-corrected chi connectivity index (χ4v) is 5.08. The van der Waals surface area contributed by atoms with Crippen LogP contribution in [-0.2, 0) is 6.54 Å². The number of fused-ring (bicyclic) bond motifs is 1. The van der Waals surface area contributed by atoms with E-state index in [0.29, 0.717) is 30.8 Å². The second-order valence-corrected chi connectivity index (χ2v) is 9.55. The molecule has 1 aliphatic heterocycles. The molecule has 200 valence electrons. The largest absolute Gasteiger partial charge is 0.494 e. The van der Waals surface area contributed by atoms with Crippen molar-refractivity contribution in [3.63, 3.8) is 0 Å². The maximum absolute atomic E-state index is 14.9. The summed E-state index contributed by atoms with van der Waals surface area (Å²) in [7, 11) is 1.25. The first-order valence-corrected chi connectivity index (χ1v) is 12.1. The van der Waals surface area contributed by atoms with Gasteiger partial charge in [0.25, 0.3) is 6.43 Å². The molecule has 1 saturated heterocycles.